The molecule has 0 atom stereocenters. The summed E-state index contributed by atoms with van der Waals surface area (Å²) in [6.07, 6.45) is 1.29. The molecule has 0 bridgehead atoms. The maximum absolute atomic E-state index is 8.96. The number of hydrogen-bond donors (Lipinski definition) is 4. The second-order valence-corrected chi connectivity index (χ2v) is 5.62. The van der Waals surface area contributed by atoms with Gasteiger partial charge in [-0.2, -0.15) is 0 Å². The molecule has 0 aliphatic rings. The van der Waals surface area contributed by atoms with Crippen LogP contribution in [0.5, 0.6) is 0 Å². The van der Waals surface area contributed by atoms with Gasteiger partial charge in [0.15, 0.2) is 11.6 Å². The molecular weight excluding hydrogens is 304 g/mol. The molecule has 3 aromatic rings. The molecule has 1 aromatic heterocycles. The Morgan fingerprint density at radius 3 is 1.62 bits per heavy atom. The lowest BCUT2D eigenvalue weighted by molar-refractivity contribution is 0.292. The molecule has 1 heterocycles. The highest BCUT2D eigenvalue weighted by Crippen LogP contribution is 2.25. The third-order valence-corrected chi connectivity index (χ3v) is 3.79. The Bertz CT molecular complexity index is 755. The van der Waals surface area contributed by atoms with Crippen LogP contribution < -0.4 is 10.6 Å². The zero-order valence-corrected chi connectivity index (χ0v) is 13.5. The highest BCUT2D eigenvalue weighted by atomic mass is 16.3. The second-order valence-electron chi connectivity index (χ2n) is 5.62. The Morgan fingerprint density at radius 2 is 1.21 bits per heavy atom. The van der Waals surface area contributed by atoms with E-state index in [1.54, 1.807) is 0 Å². The maximum Gasteiger partial charge on any atom is 0.169 e. The van der Waals surface area contributed by atoms with Crippen LogP contribution in [0.15, 0.2) is 36.4 Å². The Morgan fingerprint density at radius 1 is 0.750 bits per heavy atom. The van der Waals surface area contributed by atoms with E-state index in [-0.39, 0.29) is 13.2 Å². The summed E-state index contributed by atoms with van der Waals surface area (Å²) < 4.78 is 0. The van der Waals surface area contributed by atoms with Crippen molar-refractivity contribution in [2.24, 2.45) is 0 Å². The van der Waals surface area contributed by atoms with Crippen LogP contribution in [-0.2, 0) is 0 Å². The third kappa shape index (κ3) is 3.72. The second kappa shape index (κ2) is 7.90. The van der Waals surface area contributed by atoms with Gasteiger partial charge in [-0.05, 0) is 35.7 Å². The minimum atomic E-state index is 0.131. The van der Waals surface area contributed by atoms with E-state index >= 15 is 0 Å². The summed E-state index contributed by atoms with van der Waals surface area (Å²) in [4.78, 5) is 9.39. The first kappa shape index (κ1) is 16.4. The van der Waals surface area contributed by atoms with Crippen LogP contribution in [-0.4, -0.2) is 46.5 Å². The standard InChI is InChI=1S/C18H22N4O2/c23-9-3-7-19-17-18(20-8-4-10-24)22-16-12-14-6-2-1-5-13(14)11-15(16)21-17/h1-2,5-6,11-12,23-24H,3-4,7-10H2,(H,19,21)(H,20,22). The van der Waals surface area contributed by atoms with Gasteiger partial charge in [-0.3, -0.25) is 0 Å². The fourth-order valence-electron chi connectivity index (χ4n) is 2.56. The number of nitrogens with one attached hydrogen (secondary N) is 2. The first-order chi connectivity index (χ1) is 11.8. The van der Waals surface area contributed by atoms with Crippen molar-refractivity contribution in [2.75, 3.05) is 36.9 Å². The number of benzene rings is 2. The SMILES string of the molecule is OCCCNc1nc2cc3ccccc3cc2nc1NCCCO. The van der Waals surface area contributed by atoms with Crippen LogP contribution in [0.25, 0.3) is 21.8 Å². The molecule has 6 heteroatoms. The van der Waals surface area contributed by atoms with Gasteiger partial charge in [-0.25, -0.2) is 9.97 Å². The van der Waals surface area contributed by atoms with E-state index in [2.05, 4.69) is 22.8 Å². The molecule has 0 fully saturated rings. The summed E-state index contributed by atoms with van der Waals surface area (Å²) in [5, 5.41) is 26.6. The Balaban J connectivity index is 1.99. The van der Waals surface area contributed by atoms with Gasteiger partial charge in [0, 0.05) is 26.3 Å². The summed E-state index contributed by atoms with van der Waals surface area (Å²) in [6, 6.07) is 12.2. The van der Waals surface area contributed by atoms with E-state index in [1.165, 1.54) is 0 Å². The molecule has 0 aliphatic carbocycles. The van der Waals surface area contributed by atoms with Crippen LogP contribution in [0.2, 0.25) is 0 Å². The Kier molecular flexibility index (Phi) is 5.40. The Labute approximate surface area is 140 Å². The molecule has 24 heavy (non-hydrogen) atoms. The van der Waals surface area contributed by atoms with Gasteiger partial charge in [0.1, 0.15) is 0 Å². The van der Waals surface area contributed by atoms with Gasteiger partial charge >= 0.3 is 0 Å². The average molecular weight is 326 g/mol. The minimum absolute atomic E-state index is 0.131. The zero-order chi connectivity index (χ0) is 16.8. The van der Waals surface area contributed by atoms with Gasteiger partial charge < -0.3 is 20.8 Å². The fourth-order valence-corrected chi connectivity index (χ4v) is 2.56. The van der Waals surface area contributed by atoms with Crippen LogP contribution >= 0.6 is 0 Å². The van der Waals surface area contributed by atoms with Gasteiger partial charge in [0.2, 0.25) is 0 Å². The van der Waals surface area contributed by atoms with Gasteiger partial charge in [0.25, 0.3) is 0 Å². The minimum Gasteiger partial charge on any atom is -0.396 e. The largest absolute Gasteiger partial charge is 0.396 e. The predicted octanol–water partition coefficient (Wildman–Crippen LogP) is 2.37. The molecule has 0 radical (unpaired) electrons. The average Bonchev–Trinajstić information content (AvgIpc) is 2.60. The summed E-state index contributed by atoms with van der Waals surface area (Å²) in [7, 11) is 0. The number of fused-ring (bicyclic) bond motifs is 2. The zero-order valence-electron chi connectivity index (χ0n) is 13.5. The van der Waals surface area contributed by atoms with Gasteiger partial charge in [-0.15, -0.1) is 0 Å². The van der Waals surface area contributed by atoms with Crippen molar-refractivity contribution in [3.63, 3.8) is 0 Å². The number of hydrogen-bond acceptors (Lipinski definition) is 6. The molecule has 2 aromatic carbocycles. The molecule has 126 valence electrons. The highest BCUT2D eigenvalue weighted by molar-refractivity contribution is 5.96. The number of nitrogens with zero attached hydrogens (tertiary/aromatic N) is 2. The molecule has 3 rings (SSSR count). The number of anilines is 2. The van der Waals surface area contributed by atoms with Crippen molar-refractivity contribution in [1.29, 1.82) is 0 Å². The normalized spacial score (nSPS) is 11.1. The molecule has 0 spiro atoms. The van der Waals surface area contributed by atoms with Crippen molar-refractivity contribution in [3.8, 4) is 0 Å². The van der Waals surface area contributed by atoms with E-state index in [0.717, 1.165) is 21.8 Å². The molecule has 6 nitrogen and oxygen atoms in total. The maximum atomic E-state index is 8.96. The third-order valence-electron chi connectivity index (χ3n) is 3.79. The van der Waals surface area contributed by atoms with Crippen LogP contribution in [0, 0.1) is 0 Å². The first-order valence-corrected chi connectivity index (χ1v) is 8.22. The van der Waals surface area contributed by atoms with Gasteiger partial charge in [0.05, 0.1) is 11.0 Å². The van der Waals surface area contributed by atoms with E-state index in [9.17, 15) is 0 Å². The Hall–Kier alpha value is -2.44. The topological polar surface area (TPSA) is 90.3 Å². The molecule has 0 unspecified atom stereocenters. The van der Waals surface area contributed by atoms with Crippen molar-refractivity contribution < 1.29 is 10.2 Å². The van der Waals surface area contributed by atoms with Crippen molar-refractivity contribution in [3.05, 3.63) is 36.4 Å². The number of aromatic nitrogens is 2. The van der Waals surface area contributed by atoms with Crippen LogP contribution in [0.4, 0.5) is 11.6 Å². The predicted molar refractivity (Wildman–Crippen MR) is 97.4 cm³/mol. The smallest absolute Gasteiger partial charge is 0.169 e. The lowest BCUT2D eigenvalue weighted by atomic mass is 10.1. The molecule has 0 amide bonds. The molecule has 0 saturated carbocycles. The highest BCUT2D eigenvalue weighted by Gasteiger charge is 2.09. The molecule has 4 N–H and O–H groups in total. The van der Waals surface area contributed by atoms with E-state index < -0.39 is 0 Å². The number of aliphatic hydroxyl groups is 2. The summed E-state index contributed by atoms with van der Waals surface area (Å²) in [5.74, 6) is 1.34. The molecular formula is C18H22N4O2. The van der Waals surface area contributed by atoms with Crippen LogP contribution in [0.1, 0.15) is 12.8 Å². The molecule has 0 aliphatic heterocycles. The molecule has 0 saturated heterocycles. The summed E-state index contributed by atoms with van der Waals surface area (Å²) in [5.41, 5.74) is 1.65. The summed E-state index contributed by atoms with van der Waals surface area (Å²) in [6.45, 7) is 1.51. The van der Waals surface area contributed by atoms with Crippen molar-refractivity contribution >= 4 is 33.4 Å². The number of aliphatic hydroxyl groups excluding tert-OH is 2. The first-order valence-electron chi connectivity index (χ1n) is 8.22. The van der Waals surface area contributed by atoms with E-state index in [1.807, 2.05) is 24.3 Å². The lowest BCUT2D eigenvalue weighted by Gasteiger charge is -2.13. The fraction of sp³-hybridized carbons (Fsp3) is 0.333. The quantitative estimate of drug-likeness (QED) is 0.375. The van der Waals surface area contributed by atoms with Gasteiger partial charge in [-0.1, -0.05) is 24.3 Å². The van der Waals surface area contributed by atoms with Crippen molar-refractivity contribution in [1.82, 2.24) is 9.97 Å². The van der Waals surface area contributed by atoms with E-state index in [0.29, 0.717) is 37.6 Å². The van der Waals surface area contributed by atoms with Crippen LogP contribution in [0.3, 0.4) is 0 Å². The van der Waals surface area contributed by atoms with E-state index in [4.69, 9.17) is 20.2 Å². The summed E-state index contributed by atoms with van der Waals surface area (Å²) >= 11 is 0. The lowest BCUT2D eigenvalue weighted by Crippen LogP contribution is -2.12. The number of rotatable bonds is 8. The monoisotopic (exact) mass is 326 g/mol. The van der Waals surface area contributed by atoms with Crippen molar-refractivity contribution in [2.45, 2.75) is 12.8 Å².